The molecule has 2 aromatic rings. The summed E-state index contributed by atoms with van der Waals surface area (Å²) in [6.07, 6.45) is 0. The van der Waals surface area contributed by atoms with Gasteiger partial charge in [0.05, 0.1) is 10.7 Å². The second kappa shape index (κ2) is 7.61. The average Bonchev–Trinajstić information content (AvgIpc) is 2.49. The van der Waals surface area contributed by atoms with E-state index in [0.29, 0.717) is 10.1 Å². The van der Waals surface area contributed by atoms with Crippen LogP contribution in [-0.4, -0.2) is 16.6 Å². The summed E-state index contributed by atoms with van der Waals surface area (Å²) in [5, 5.41) is 4.70. The number of halogens is 1. The van der Waals surface area contributed by atoms with Gasteiger partial charge in [-0.1, -0.05) is 48.0 Å². The van der Waals surface area contributed by atoms with Crippen molar-refractivity contribution in [1.82, 2.24) is 4.90 Å². The molecular formula is C18H21ClN2S. The van der Waals surface area contributed by atoms with Crippen LogP contribution in [0.1, 0.15) is 23.6 Å². The van der Waals surface area contributed by atoms with Crippen molar-refractivity contribution in [3.63, 3.8) is 0 Å². The third-order valence-electron chi connectivity index (χ3n) is 3.55. The van der Waals surface area contributed by atoms with Crippen molar-refractivity contribution in [2.45, 2.75) is 27.3 Å². The second-order valence-electron chi connectivity index (χ2n) is 5.37. The third kappa shape index (κ3) is 4.21. The van der Waals surface area contributed by atoms with Crippen molar-refractivity contribution < 1.29 is 0 Å². The molecule has 0 radical (unpaired) electrons. The maximum absolute atomic E-state index is 6.35. The Hall–Kier alpha value is -1.58. The molecule has 0 saturated carbocycles. The Balaban J connectivity index is 2.13. The summed E-state index contributed by atoms with van der Waals surface area (Å²) in [6, 6.07) is 14.4. The predicted octanol–water partition coefficient (Wildman–Crippen LogP) is 5.18. The van der Waals surface area contributed by atoms with E-state index in [1.54, 1.807) is 0 Å². The van der Waals surface area contributed by atoms with Crippen molar-refractivity contribution in [3.05, 3.63) is 64.2 Å². The van der Waals surface area contributed by atoms with Gasteiger partial charge in [-0.05, 0) is 55.7 Å². The standard InChI is InChI=1S/C18H21ClN2S/c1-4-21(12-15-8-6-5-7-9-15)18(22)20-17-14(3)10-13(2)11-16(17)19/h5-11H,4,12H2,1-3H3,(H,20,22). The largest absolute Gasteiger partial charge is 0.345 e. The van der Waals surface area contributed by atoms with E-state index in [2.05, 4.69) is 35.3 Å². The van der Waals surface area contributed by atoms with Crippen LogP contribution < -0.4 is 5.32 Å². The van der Waals surface area contributed by atoms with Crippen molar-refractivity contribution in [2.24, 2.45) is 0 Å². The van der Waals surface area contributed by atoms with E-state index in [0.717, 1.165) is 29.9 Å². The number of nitrogens with one attached hydrogen (secondary N) is 1. The number of anilines is 1. The van der Waals surface area contributed by atoms with Gasteiger partial charge in [-0.15, -0.1) is 0 Å². The smallest absolute Gasteiger partial charge is 0.173 e. The molecule has 2 aromatic carbocycles. The fraction of sp³-hybridized carbons (Fsp3) is 0.278. The van der Waals surface area contributed by atoms with E-state index in [9.17, 15) is 0 Å². The molecule has 0 aliphatic heterocycles. The Morgan fingerprint density at radius 3 is 2.45 bits per heavy atom. The number of rotatable bonds is 4. The van der Waals surface area contributed by atoms with Crippen molar-refractivity contribution in [2.75, 3.05) is 11.9 Å². The molecule has 0 amide bonds. The molecule has 0 heterocycles. The minimum atomic E-state index is 0.695. The van der Waals surface area contributed by atoms with Gasteiger partial charge in [0, 0.05) is 13.1 Å². The van der Waals surface area contributed by atoms with E-state index >= 15 is 0 Å². The van der Waals surface area contributed by atoms with Crippen LogP contribution in [0.2, 0.25) is 5.02 Å². The summed E-state index contributed by atoms with van der Waals surface area (Å²) in [5.74, 6) is 0. The third-order valence-corrected chi connectivity index (χ3v) is 4.21. The molecule has 1 N–H and O–H groups in total. The van der Waals surface area contributed by atoms with E-state index in [1.807, 2.05) is 38.1 Å². The number of thiocarbonyl (C=S) groups is 1. The van der Waals surface area contributed by atoms with E-state index in [1.165, 1.54) is 5.56 Å². The highest BCUT2D eigenvalue weighted by Gasteiger charge is 2.12. The Kier molecular flexibility index (Phi) is 5.81. The highest BCUT2D eigenvalue weighted by Crippen LogP contribution is 2.27. The first-order chi connectivity index (χ1) is 10.5. The highest BCUT2D eigenvalue weighted by molar-refractivity contribution is 7.80. The van der Waals surface area contributed by atoms with Crippen molar-refractivity contribution in [3.8, 4) is 0 Å². The quantitative estimate of drug-likeness (QED) is 0.777. The van der Waals surface area contributed by atoms with Crippen LogP contribution in [0.4, 0.5) is 5.69 Å². The Labute approximate surface area is 143 Å². The highest BCUT2D eigenvalue weighted by atomic mass is 35.5. The Bertz CT molecular complexity index is 632. The van der Waals surface area contributed by atoms with E-state index < -0.39 is 0 Å². The van der Waals surface area contributed by atoms with Gasteiger partial charge >= 0.3 is 0 Å². The molecular weight excluding hydrogens is 312 g/mol. The van der Waals surface area contributed by atoms with Crippen LogP contribution in [0, 0.1) is 13.8 Å². The molecule has 0 fully saturated rings. The Morgan fingerprint density at radius 2 is 1.86 bits per heavy atom. The van der Waals surface area contributed by atoms with E-state index in [-0.39, 0.29) is 0 Å². The van der Waals surface area contributed by atoms with Crippen LogP contribution in [0.25, 0.3) is 0 Å². The monoisotopic (exact) mass is 332 g/mol. The first kappa shape index (κ1) is 16.8. The van der Waals surface area contributed by atoms with Gasteiger partial charge in [0.15, 0.2) is 5.11 Å². The molecule has 0 spiro atoms. The average molecular weight is 333 g/mol. The second-order valence-corrected chi connectivity index (χ2v) is 6.16. The fourth-order valence-electron chi connectivity index (χ4n) is 2.39. The SMILES string of the molecule is CCN(Cc1ccccc1)C(=S)Nc1c(C)cc(C)cc1Cl. The molecule has 0 aliphatic carbocycles. The lowest BCUT2D eigenvalue weighted by Gasteiger charge is -2.25. The molecule has 0 aromatic heterocycles. The van der Waals surface area contributed by atoms with Gasteiger partial charge in [-0.25, -0.2) is 0 Å². The molecule has 0 saturated heterocycles. The van der Waals surface area contributed by atoms with Gasteiger partial charge in [0.25, 0.3) is 0 Å². The topological polar surface area (TPSA) is 15.3 Å². The zero-order chi connectivity index (χ0) is 16.1. The van der Waals surface area contributed by atoms with Crippen molar-refractivity contribution in [1.29, 1.82) is 0 Å². The molecule has 0 bridgehead atoms. The molecule has 2 nitrogen and oxygen atoms in total. The number of hydrogen-bond acceptors (Lipinski definition) is 1. The molecule has 0 unspecified atom stereocenters. The molecule has 0 aliphatic rings. The molecule has 116 valence electrons. The lowest BCUT2D eigenvalue weighted by Crippen LogP contribution is -2.34. The zero-order valence-corrected chi connectivity index (χ0v) is 14.8. The number of nitrogens with zero attached hydrogens (tertiary/aromatic N) is 1. The zero-order valence-electron chi connectivity index (χ0n) is 13.2. The lowest BCUT2D eigenvalue weighted by molar-refractivity contribution is 0.442. The first-order valence-electron chi connectivity index (χ1n) is 7.38. The van der Waals surface area contributed by atoms with Crippen LogP contribution in [0.5, 0.6) is 0 Å². The van der Waals surface area contributed by atoms with E-state index in [4.69, 9.17) is 23.8 Å². The van der Waals surface area contributed by atoms with Gasteiger partial charge < -0.3 is 10.2 Å². The van der Waals surface area contributed by atoms with Crippen LogP contribution in [-0.2, 0) is 6.54 Å². The summed E-state index contributed by atoms with van der Waals surface area (Å²) in [7, 11) is 0. The van der Waals surface area contributed by atoms with Gasteiger partial charge in [-0.3, -0.25) is 0 Å². The lowest BCUT2D eigenvalue weighted by atomic mass is 10.1. The van der Waals surface area contributed by atoms with Crippen molar-refractivity contribution >= 4 is 34.6 Å². The summed E-state index contributed by atoms with van der Waals surface area (Å²) in [6.45, 7) is 7.79. The van der Waals surface area contributed by atoms with Crippen LogP contribution >= 0.6 is 23.8 Å². The predicted molar refractivity (Wildman–Crippen MR) is 99.7 cm³/mol. The summed E-state index contributed by atoms with van der Waals surface area (Å²) in [5.41, 5.74) is 4.38. The minimum Gasteiger partial charge on any atom is -0.345 e. The molecule has 2 rings (SSSR count). The first-order valence-corrected chi connectivity index (χ1v) is 8.16. The Morgan fingerprint density at radius 1 is 1.18 bits per heavy atom. The molecule has 4 heteroatoms. The normalized spacial score (nSPS) is 10.4. The number of aryl methyl sites for hydroxylation is 2. The van der Waals surface area contributed by atoms with Gasteiger partial charge in [0.1, 0.15) is 0 Å². The molecule has 22 heavy (non-hydrogen) atoms. The van der Waals surface area contributed by atoms with Gasteiger partial charge in [0.2, 0.25) is 0 Å². The summed E-state index contributed by atoms with van der Waals surface area (Å²) >= 11 is 11.9. The number of hydrogen-bond donors (Lipinski definition) is 1. The number of benzene rings is 2. The molecule has 0 atom stereocenters. The fourth-order valence-corrected chi connectivity index (χ4v) is 3.06. The minimum absolute atomic E-state index is 0.695. The van der Waals surface area contributed by atoms with Crippen LogP contribution in [0.3, 0.4) is 0 Å². The maximum Gasteiger partial charge on any atom is 0.173 e. The van der Waals surface area contributed by atoms with Gasteiger partial charge in [-0.2, -0.15) is 0 Å². The summed E-state index contributed by atoms with van der Waals surface area (Å²) < 4.78 is 0. The maximum atomic E-state index is 6.35. The van der Waals surface area contributed by atoms with Crippen LogP contribution in [0.15, 0.2) is 42.5 Å². The summed E-state index contributed by atoms with van der Waals surface area (Å²) in [4.78, 5) is 2.13.